The van der Waals surface area contributed by atoms with Crippen molar-refractivity contribution in [1.82, 2.24) is 15.1 Å². The van der Waals surface area contributed by atoms with Crippen molar-refractivity contribution in [2.75, 3.05) is 46.8 Å². The van der Waals surface area contributed by atoms with Crippen LogP contribution in [0.3, 0.4) is 0 Å². The van der Waals surface area contributed by atoms with Crippen LogP contribution in [0, 0.1) is 11.3 Å². The molecule has 1 amide bonds. The highest BCUT2D eigenvalue weighted by Crippen LogP contribution is 2.19. The predicted molar refractivity (Wildman–Crippen MR) is 109 cm³/mol. The first-order valence-electron chi connectivity index (χ1n) is 10.0. The van der Waals surface area contributed by atoms with Crippen molar-refractivity contribution >= 4 is 5.91 Å². The van der Waals surface area contributed by atoms with Crippen LogP contribution in [0.15, 0.2) is 30.3 Å². The van der Waals surface area contributed by atoms with E-state index in [-0.39, 0.29) is 17.2 Å². The monoisotopic (exact) mass is 359 g/mol. The van der Waals surface area contributed by atoms with Gasteiger partial charge in [0.1, 0.15) is 0 Å². The van der Waals surface area contributed by atoms with Gasteiger partial charge in [-0.1, -0.05) is 44.2 Å². The van der Waals surface area contributed by atoms with Gasteiger partial charge in [0.2, 0.25) is 5.91 Å². The number of amides is 1. The van der Waals surface area contributed by atoms with E-state index in [1.54, 1.807) is 0 Å². The first-order chi connectivity index (χ1) is 12.4. The molecule has 0 aliphatic carbocycles. The molecule has 0 spiro atoms. The lowest BCUT2D eigenvalue weighted by Crippen LogP contribution is -2.45. The molecular formula is C22H37N3O. The summed E-state index contributed by atoms with van der Waals surface area (Å²) >= 11 is 0. The number of nitrogens with zero attached hydrogens (tertiary/aromatic N) is 2. The standard InChI is InChI=1S/C22H37N3O/c1-22(2,18-24(3)4)17-23-21(26)20-12-15-25(16-13-20)14-8-11-19-9-6-5-7-10-19/h5-7,9-10,20H,8,11-18H2,1-4H3,(H,23,26). The Balaban J connectivity index is 1.63. The Bertz CT molecular complexity index is 534. The van der Waals surface area contributed by atoms with Gasteiger partial charge >= 0.3 is 0 Å². The molecule has 1 aliphatic heterocycles. The number of nitrogens with one attached hydrogen (secondary N) is 1. The second-order valence-electron chi connectivity index (χ2n) is 8.82. The lowest BCUT2D eigenvalue weighted by atomic mass is 9.91. The molecule has 0 unspecified atom stereocenters. The van der Waals surface area contributed by atoms with Crippen LogP contribution in [-0.4, -0.2) is 62.5 Å². The molecule has 0 radical (unpaired) electrons. The van der Waals surface area contributed by atoms with E-state index in [1.165, 1.54) is 12.0 Å². The van der Waals surface area contributed by atoms with Crippen molar-refractivity contribution in [3.63, 3.8) is 0 Å². The van der Waals surface area contributed by atoms with Crippen LogP contribution < -0.4 is 5.32 Å². The Morgan fingerprint density at radius 2 is 1.85 bits per heavy atom. The van der Waals surface area contributed by atoms with Gasteiger partial charge in [0.15, 0.2) is 0 Å². The van der Waals surface area contributed by atoms with Gasteiger partial charge in [-0.3, -0.25) is 4.79 Å². The molecule has 0 bridgehead atoms. The van der Waals surface area contributed by atoms with E-state index in [0.717, 1.165) is 52.0 Å². The summed E-state index contributed by atoms with van der Waals surface area (Å²) in [5.41, 5.74) is 1.53. The van der Waals surface area contributed by atoms with Crippen LogP contribution >= 0.6 is 0 Å². The maximum atomic E-state index is 12.5. The number of hydrogen-bond donors (Lipinski definition) is 1. The second-order valence-corrected chi connectivity index (χ2v) is 8.82. The molecule has 1 N–H and O–H groups in total. The highest BCUT2D eigenvalue weighted by molar-refractivity contribution is 5.78. The van der Waals surface area contributed by atoms with Gasteiger partial charge in [-0.2, -0.15) is 0 Å². The third-order valence-electron chi connectivity index (χ3n) is 5.23. The van der Waals surface area contributed by atoms with Crippen molar-refractivity contribution < 1.29 is 4.79 Å². The normalized spacial score (nSPS) is 16.8. The molecule has 4 heteroatoms. The Kier molecular flexibility index (Phi) is 8.11. The molecule has 1 aliphatic rings. The molecule has 1 aromatic carbocycles. The minimum atomic E-state index is 0.108. The molecule has 1 heterocycles. The summed E-state index contributed by atoms with van der Waals surface area (Å²) in [7, 11) is 4.16. The maximum Gasteiger partial charge on any atom is 0.223 e. The van der Waals surface area contributed by atoms with E-state index in [9.17, 15) is 4.79 Å². The van der Waals surface area contributed by atoms with Gasteiger partial charge in [-0.05, 0) is 70.4 Å². The van der Waals surface area contributed by atoms with Gasteiger partial charge in [-0.15, -0.1) is 0 Å². The van der Waals surface area contributed by atoms with Crippen molar-refractivity contribution in [3.8, 4) is 0 Å². The Hall–Kier alpha value is -1.39. The van der Waals surface area contributed by atoms with Gasteiger partial charge in [0.25, 0.3) is 0 Å². The zero-order chi connectivity index (χ0) is 19.0. The fourth-order valence-corrected chi connectivity index (χ4v) is 3.95. The minimum absolute atomic E-state index is 0.108. The summed E-state index contributed by atoms with van der Waals surface area (Å²) in [5.74, 6) is 0.441. The summed E-state index contributed by atoms with van der Waals surface area (Å²) in [6.45, 7) is 9.39. The highest BCUT2D eigenvalue weighted by atomic mass is 16.1. The van der Waals surface area contributed by atoms with Crippen LogP contribution in [0.25, 0.3) is 0 Å². The zero-order valence-electron chi connectivity index (χ0n) is 17.1. The van der Waals surface area contributed by atoms with Gasteiger partial charge in [-0.25, -0.2) is 0 Å². The lowest BCUT2D eigenvalue weighted by molar-refractivity contribution is -0.126. The predicted octanol–water partition coefficient (Wildman–Crippen LogP) is 3.04. The quantitative estimate of drug-likeness (QED) is 0.736. The van der Waals surface area contributed by atoms with Crippen LogP contribution in [0.2, 0.25) is 0 Å². The summed E-state index contributed by atoms with van der Waals surface area (Å²) in [5, 5.41) is 3.19. The number of aryl methyl sites for hydroxylation is 1. The largest absolute Gasteiger partial charge is 0.355 e. The summed E-state index contributed by atoms with van der Waals surface area (Å²) in [6, 6.07) is 10.7. The van der Waals surface area contributed by atoms with Crippen LogP contribution in [0.4, 0.5) is 0 Å². The summed E-state index contributed by atoms with van der Waals surface area (Å²) in [4.78, 5) is 17.2. The smallest absolute Gasteiger partial charge is 0.223 e. The fraction of sp³-hybridized carbons (Fsp3) is 0.682. The molecule has 146 valence electrons. The zero-order valence-corrected chi connectivity index (χ0v) is 17.1. The Labute approximate surface area is 159 Å². The second kappa shape index (κ2) is 10.1. The molecule has 1 fully saturated rings. The van der Waals surface area contributed by atoms with Gasteiger partial charge < -0.3 is 15.1 Å². The molecule has 26 heavy (non-hydrogen) atoms. The van der Waals surface area contributed by atoms with Crippen molar-refractivity contribution in [3.05, 3.63) is 35.9 Å². The number of rotatable bonds is 9. The topological polar surface area (TPSA) is 35.6 Å². The maximum absolute atomic E-state index is 12.5. The molecule has 0 aromatic heterocycles. The minimum Gasteiger partial charge on any atom is -0.355 e. The SMILES string of the molecule is CN(C)CC(C)(C)CNC(=O)C1CCN(CCCc2ccccc2)CC1. The average Bonchev–Trinajstić information content (AvgIpc) is 2.60. The first kappa shape index (κ1) is 20.9. The van der Waals surface area contributed by atoms with Crippen molar-refractivity contribution in [2.45, 2.75) is 39.5 Å². The van der Waals surface area contributed by atoms with Gasteiger partial charge in [0.05, 0.1) is 0 Å². The molecule has 0 atom stereocenters. The third-order valence-corrected chi connectivity index (χ3v) is 5.23. The van der Waals surface area contributed by atoms with E-state index in [1.807, 2.05) is 0 Å². The van der Waals surface area contributed by atoms with E-state index in [4.69, 9.17) is 0 Å². The summed E-state index contributed by atoms with van der Waals surface area (Å²) < 4.78 is 0. The fourth-order valence-electron chi connectivity index (χ4n) is 3.95. The van der Waals surface area contributed by atoms with Crippen LogP contribution in [-0.2, 0) is 11.2 Å². The molecule has 4 nitrogen and oxygen atoms in total. The summed E-state index contributed by atoms with van der Waals surface area (Å²) in [6.07, 6.45) is 4.32. The van der Waals surface area contributed by atoms with E-state index >= 15 is 0 Å². The van der Waals surface area contributed by atoms with E-state index < -0.39 is 0 Å². The molecule has 0 saturated carbocycles. The van der Waals surface area contributed by atoms with Crippen molar-refractivity contribution in [2.24, 2.45) is 11.3 Å². The molecule has 1 saturated heterocycles. The number of likely N-dealkylation sites (tertiary alicyclic amines) is 1. The number of carbonyl (C=O) groups excluding carboxylic acids is 1. The lowest BCUT2D eigenvalue weighted by Gasteiger charge is -2.33. The first-order valence-corrected chi connectivity index (χ1v) is 10.0. The highest BCUT2D eigenvalue weighted by Gasteiger charge is 2.26. The number of piperidine rings is 1. The number of hydrogen-bond acceptors (Lipinski definition) is 3. The number of carbonyl (C=O) groups is 1. The Morgan fingerprint density at radius 3 is 2.46 bits per heavy atom. The number of benzene rings is 1. The molecule has 2 rings (SSSR count). The molecule has 1 aromatic rings. The van der Waals surface area contributed by atoms with E-state index in [0.29, 0.717) is 0 Å². The van der Waals surface area contributed by atoms with Gasteiger partial charge in [0, 0.05) is 19.0 Å². The van der Waals surface area contributed by atoms with Crippen LogP contribution in [0.1, 0.15) is 38.7 Å². The van der Waals surface area contributed by atoms with Crippen molar-refractivity contribution in [1.29, 1.82) is 0 Å². The van der Waals surface area contributed by atoms with E-state index in [2.05, 4.69) is 73.4 Å². The third kappa shape index (κ3) is 7.46. The molecular weight excluding hydrogens is 322 g/mol. The van der Waals surface area contributed by atoms with Crippen LogP contribution in [0.5, 0.6) is 0 Å². The average molecular weight is 360 g/mol. The Morgan fingerprint density at radius 1 is 1.19 bits per heavy atom.